The maximum Gasteiger partial charge on any atom is 0.312 e. The molecule has 0 unspecified atom stereocenters. The molecule has 0 bridgehead atoms. The first-order valence-corrected chi connectivity index (χ1v) is 3.60. The molecule has 0 aromatic carbocycles. The molecule has 0 atom stereocenters. The number of hydrogen-bond donors (Lipinski definition) is 3. The van der Waals surface area contributed by atoms with Crippen LogP contribution in [0.1, 0.15) is 13.8 Å². The van der Waals surface area contributed by atoms with Gasteiger partial charge in [0.15, 0.2) is 0 Å². The molecule has 0 rings (SSSR count). The maximum absolute atomic E-state index is 10.3. The molecule has 0 aromatic rings. The average molecular weight is 175 g/mol. The predicted molar refractivity (Wildman–Crippen MR) is 48.2 cm³/mol. The quantitative estimate of drug-likeness (QED) is 0.527. The Kier molecular flexibility index (Phi) is 3.25. The number of urea groups is 1. The molecule has 0 saturated heterocycles. The number of thiocarbonyl (C=S) groups is 1. The van der Waals surface area contributed by atoms with Gasteiger partial charge in [-0.3, -0.25) is 0 Å². The van der Waals surface area contributed by atoms with Crippen molar-refractivity contribution in [2.45, 2.75) is 13.8 Å². The molecule has 0 aliphatic rings. The summed E-state index contributed by atoms with van der Waals surface area (Å²) in [5, 5.41) is 2.44. The average Bonchev–Trinajstić information content (AvgIpc) is 1.84. The Labute approximate surface area is 71.3 Å². The second kappa shape index (κ2) is 3.52. The standard InChI is InChI=1S/C6H13N3OS/c1-6(2,4(7)11)3-9-5(8)10/h3H2,1-2H3,(H2,7,11)(H3,8,9,10). The van der Waals surface area contributed by atoms with Crippen molar-refractivity contribution < 1.29 is 4.79 Å². The van der Waals surface area contributed by atoms with E-state index >= 15 is 0 Å². The molecule has 0 aromatic heterocycles. The number of nitrogens with two attached hydrogens (primary N) is 2. The van der Waals surface area contributed by atoms with Crippen LogP contribution in [-0.4, -0.2) is 17.6 Å². The molecule has 4 nitrogen and oxygen atoms in total. The summed E-state index contributed by atoms with van der Waals surface area (Å²) in [5.41, 5.74) is 9.89. The lowest BCUT2D eigenvalue weighted by Gasteiger charge is -2.22. The van der Waals surface area contributed by atoms with Crippen molar-refractivity contribution in [2.75, 3.05) is 6.54 Å². The molecular formula is C6H13N3OS. The van der Waals surface area contributed by atoms with E-state index in [1.54, 1.807) is 0 Å². The van der Waals surface area contributed by atoms with Crippen LogP contribution in [0, 0.1) is 5.41 Å². The lowest BCUT2D eigenvalue weighted by Crippen LogP contribution is -2.43. The van der Waals surface area contributed by atoms with Crippen molar-refractivity contribution in [3.8, 4) is 0 Å². The lowest BCUT2D eigenvalue weighted by molar-refractivity contribution is 0.246. The van der Waals surface area contributed by atoms with Gasteiger partial charge in [0.1, 0.15) is 0 Å². The number of carbonyl (C=O) groups is 1. The number of carbonyl (C=O) groups excluding carboxylic acids is 1. The van der Waals surface area contributed by atoms with Crippen LogP contribution in [0.2, 0.25) is 0 Å². The number of primary amides is 1. The maximum atomic E-state index is 10.3. The minimum atomic E-state index is -0.561. The summed E-state index contributed by atoms with van der Waals surface area (Å²) in [4.78, 5) is 10.7. The molecule has 0 heterocycles. The van der Waals surface area contributed by atoms with Gasteiger partial charge >= 0.3 is 6.03 Å². The molecule has 0 saturated carbocycles. The smallest absolute Gasteiger partial charge is 0.312 e. The number of nitrogens with one attached hydrogen (secondary N) is 1. The summed E-state index contributed by atoms with van der Waals surface area (Å²) in [6.07, 6.45) is 0. The van der Waals surface area contributed by atoms with Crippen LogP contribution in [-0.2, 0) is 0 Å². The van der Waals surface area contributed by atoms with E-state index in [0.717, 1.165) is 0 Å². The fourth-order valence-corrected chi connectivity index (χ4v) is 0.467. The highest BCUT2D eigenvalue weighted by atomic mass is 32.1. The van der Waals surface area contributed by atoms with E-state index in [9.17, 15) is 4.79 Å². The van der Waals surface area contributed by atoms with Crippen molar-refractivity contribution in [3.63, 3.8) is 0 Å². The molecule has 11 heavy (non-hydrogen) atoms. The van der Waals surface area contributed by atoms with Crippen LogP contribution in [0.4, 0.5) is 4.79 Å². The van der Waals surface area contributed by atoms with E-state index < -0.39 is 6.03 Å². The molecule has 5 N–H and O–H groups in total. The van der Waals surface area contributed by atoms with Crippen molar-refractivity contribution in [2.24, 2.45) is 16.9 Å². The van der Waals surface area contributed by atoms with Crippen LogP contribution in [0.5, 0.6) is 0 Å². The first-order valence-electron chi connectivity index (χ1n) is 3.19. The Morgan fingerprint density at radius 3 is 2.27 bits per heavy atom. The van der Waals surface area contributed by atoms with Gasteiger partial charge in [0.2, 0.25) is 0 Å². The van der Waals surface area contributed by atoms with E-state index in [4.69, 9.17) is 23.7 Å². The molecule has 0 aliphatic heterocycles. The monoisotopic (exact) mass is 175 g/mol. The van der Waals surface area contributed by atoms with Gasteiger partial charge in [0.05, 0.1) is 4.99 Å². The van der Waals surface area contributed by atoms with E-state index in [0.29, 0.717) is 11.5 Å². The highest BCUT2D eigenvalue weighted by molar-refractivity contribution is 7.80. The van der Waals surface area contributed by atoms with Crippen LogP contribution in [0.25, 0.3) is 0 Å². The van der Waals surface area contributed by atoms with E-state index in [2.05, 4.69) is 5.32 Å². The summed E-state index contributed by atoms with van der Waals surface area (Å²) in [6.45, 7) is 4.05. The topological polar surface area (TPSA) is 81.1 Å². The Balaban J connectivity index is 3.92. The van der Waals surface area contributed by atoms with Gasteiger partial charge in [0.25, 0.3) is 0 Å². The number of amides is 2. The number of hydrogen-bond acceptors (Lipinski definition) is 2. The zero-order chi connectivity index (χ0) is 9.07. The van der Waals surface area contributed by atoms with Gasteiger partial charge in [-0.2, -0.15) is 0 Å². The van der Waals surface area contributed by atoms with E-state index in [-0.39, 0.29) is 5.41 Å². The van der Waals surface area contributed by atoms with Gasteiger partial charge in [-0.15, -0.1) is 0 Å². The normalized spacial score (nSPS) is 10.7. The van der Waals surface area contributed by atoms with Crippen molar-refractivity contribution in [3.05, 3.63) is 0 Å². The molecule has 0 aliphatic carbocycles. The summed E-state index contributed by atoms with van der Waals surface area (Å²) in [5.74, 6) is 0. The Hall–Kier alpha value is -0.840. The fraction of sp³-hybridized carbons (Fsp3) is 0.667. The molecule has 0 spiro atoms. The molecule has 64 valence electrons. The summed E-state index contributed by atoms with van der Waals surface area (Å²) in [6, 6.07) is -0.561. The second-order valence-corrected chi connectivity index (χ2v) is 3.41. The zero-order valence-electron chi connectivity index (χ0n) is 6.68. The Morgan fingerprint density at radius 2 is 2.00 bits per heavy atom. The fourth-order valence-electron chi connectivity index (χ4n) is 0.395. The molecule has 2 amide bonds. The van der Waals surface area contributed by atoms with Crippen molar-refractivity contribution in [1.29, 1.82) is 0 Å². The third kappa shape index (κ3) is 3.77. The highest BCUT2D eigenvalue weighted by Gasteiger charge is 2.21. The first-order chi connectivity index (χ1) is 4.86. The van der Waals surface area contributed by atoms with E-state index in [1.807, 2.05) is 13.8 Å². The van der Waals surface area contributed by atoms with Gasteiger partial charge in [-0.1, -0.05) is 26.1 Å². The summed E-state index contributed by atoms with van der Waals surface area (Å²) < 4.78 is 0. The van der Waals surface area contributed by atoms with Crippen molar-refractivity contribution in [1.82, 2.24) is 5.32 Å². The zero-order valence-corrected chi connectivity index (χ0v) is 7.49. The molecule has 0 fully saturated rings. The molecule has 5 heteroatoms. The largest absolute Gasteiger partial charge is 0.393 e. The van der Waals surface area contributed by atoms with Crippen LogP contribution in [0.3, 0.4) is 0 Å². The molecule has 0 radical (unpaired) electrons. The minimum absolute atomic E-state index is 0.367. The lowest BCUT2D eigenvalue weighted by atomic mass is 9.94. The van der Waals surface area contributed by atoms with Gasteiger partial charge < -0.3 is 16.8 Å². The first kappa shape index (κ1) is 10.2. The van der Waals surface area contributed by atoms with E-state index in [1.165, 1.54) is 0 Å². The summed E-state index contributed by atoms with van der Waals surface area (Å²) in [7, 11) is 0. The number of rotatable bonds is 3. The van der Waals surface area contributed by atoms with Crippen LogP contribution in [0.15, 0.2) is 0 Å². The third-order valence-electron chi connectivity index (χ3n) is 1.37. The summed E-state index contributed by atoms with van der Waals surface area (Å²) >= 11 is 4.77. The molecular weight excluding hydrogens is 162 g/mol. The SMILES string of the molecule is CC(C)(CNC(N)=O)C(N)=S. The second-order valence-electron chi connectivity index (χ2n) is 2.97. The Morgan fingerprint density at radius 1 is 1.55 bits per heavy atom. The van der Waals surface area contributed by atoms with Crippen LogP contribution >= 0.6 is 12.2 Å². The third-order valence-corrected chi connectivity index (χ3v) is 1.92. The highest BCUT2D eigenvalue weighted by Crippen LogP contribution is 2.12. The predicted octanol–water partition coefficient (Wildman–Crippen LogP) is -0.0330. The minimum Gasteiger partial charge on any atom is -0.393 e. The van der Waals surface area contributed by atoms with Gasteiger partial charge in [-0.05, 0) is 0 Å². The van der Waals surface area contributed by atoms with Crippen molar-refractivity contribution >= 4 is 23.2 Å². The Bertz CT molecular complexity index is 179. The van der Waals surface area contributed by atoms with Gasteiger partial charge in [-0.25, -0.2) is 4.79 Å². The van der Waals surface area contributed by atoms with Crippen LogP contribution < -0.4 is 16.8 Å². The van der Waals surface area contributed by atoms with Gasteiger partial charge in [0, 0.05) is 12.0 Å².